The molecule has 0 saturated carbocycles. The standard InChI is InChI=1S/C23H24N2O3S/c1-16-6-8-17(9-7-16)14-25(29(2,27)28)15-22(26)24-21-13-12-19-11-10-18-4-3-5-20(21)23(18)19/h3-9,12-13H,10-11,14-15H2,1-2H3,(H,24,26). The van der Waals surface area contributed by atoms with Crippen molar-refractivity contribution in [2.45, 2.75) is 26.3 Å². The van der Waals surface area contributed by atoms with Gasteiger partial charge in [-0.2, -0.15) is 4.31 Å². The normalized spacial score (nSPS) is 13.2. The maximum atomic E-state index is 12.7. The van der Waals surface area contributed by atoms with E-state index >= 15 is 0 Å². The van der Waals surface area contributed by atoms with Gasteiger partial charge in [0.1, 0.15) is 0 Å². The van der Waals surface area contributed by atoms with E-state index in [9.17, 15) is 13.2 Å². The zero-order chi connectivity index (χ0) is 20.6. The van der Waals surface area contributed by atoms with E-state index in [0.29, 0.717) is 0 Å². The van der Waals surface area contributed by atoms with Crippen LogP contribution >= 0.6 is 0 Å². The Kier molecular flexibility index (Phi) is 5.15. The summed E-state index contributed by atoms with van der Waals surface area (Å²) in [7, 11) is -3.53. The van der Waals surface area contributed by atoms with Crippen molar-refractivity contribution in [1.29, 1.82) is 0 Å². The Morgan fingerprint density at radius 2 is 1.69 bits per heavy atom. The Morgan fingerprint density at radius 3 is 2.38 bits per heavy atom. The molecule has 4 rings (SSSR count). The smallest absolute Gasteiger partial charge is 0.239 e. The Labute approximate surface area is 171 Å². The number of rotatable bonds is 6. The second-order valence-electron chi connectivity index (χ2n) is 7.68. The first-order valence-electron chi connectivity index (χ1n) is 9.65. The van der Waals surface area contributed by atoms with Gasteiger partial charge in [0, 0.05) is 17.6 Å². The Hall–Kier alpha value is -2.70. The molecule has 0 unspecified atom stereocenters. The van der Waals surface area contributed by atoms with E-state index in [0.717, 1.165) is 41.3 Å². The van der Waals surface area contributed by atoms with Crippen molar-refractivity contribution in [1.82, 2.24) is 4.31 Å². The van der Waals surface area contributed by atoms with Gasteiger partial charge in [0.25, 0.3) is 0 Å². The first-order chi connectivity index (χ1) is 13.8. The van der Waals surface area contributed by atoms with Gasteiger partial charge in [0.15, 0.2) is 0 Å². The lowest BCUT2D eigenvalue weighted by Crippen LogP contribution is -2.36. The molecule has 5 nitrogen and oxygen atoms in total. The highest BCUT2D eigenvalue weighted by Crippen LogP contribution is 2.35. The topological polar surface area (TPSA) is 66.5 Å². The highest BCUT2D eigenvalue weighted by molar-refractivity contribution is 7.88. The van der Waals surface area contributed by atoms with Crippen molar-refractivity contribution >= 4 is 32.4 Å². The SMILES string of the molecule is Cc1ccc(CN(CC(=O)Nc2ccc3c4c(cccc24)CC3)S(C)(=O)=O)cc1. The number of amides is 1. The summed E-state index contributed by atoms with van der Waals surface area (Å²) in [4.78, 5) is 12.7. The minimum atomic E-state index is -3.53. The van der Waals surface area contributed by atoms with E-state index in [1.807, 2.05) is 49.4 Å². The zero-order valence-electron chi connectivity index (χ0n) is 16.6. The third kappa shape index (κ3) is 4.18. The summed E-state index contributed by atoms with van der Waals surface area (Å²) < 4.78 is 25.7. The predicted molar refractivity (Wildman–Crippen MR) is 116 cm³/mol. The molecule has 1 amide bonds. The van der Waals surface area contributed by atoms with Crippen LogP contribution < -0.4 is 5.32 Å². The van der Waals surface area contributed by atoms with Gasteiger partial charge in [-0.1, -0.05) is 54.1 Å². The molecule has 1 aliphatic rings. The lowest BCUT2D eigenvalue weighted by Gasteiger charge is -2.20. The van der Waals surface area contributed by atoms with Crippen molar-refractivity contribution < 1.29 is 13.2 Å². The van der Waals surface area contributed by atoms with Crippen LogP contribution in [-0.2, 0) is 34.2 Å². The van der Waals surface area contributed by atoms with E-state index in [4.69, 9.17) is 0 Å². The Bertz CT molecular complexity index is 1170. The van der Waals surface area contributed by atoms with Crippen LogP contribution in [0.15, 0.2) is 54.6 Å². The molecule has 0 spiro atoms. The first kappa shape index (κ1) is 19.6. The van der Waals surface area contributed by atoms with E-state index in [1.165, 1.54) is 20.8 Å². The molecule has 0 aliphatic heterocycles. The Balaban J connectivity index is 1.55. The average molecular weight is 409 g/mol. The van der Waals surface area contributed by atoms with Gasteiger partial charge in [-0.05, 0) is 47.9 Å². The fourth-order valence-electron chi connectivity index (χ4n) is 3.89. The van der Waals surface area contributed by atoms with Crippen LogP contribution in [-0.4, -0.2) is 31.4 Å². The maximum Gasteiger partial charge on any atom is 0.239 e. The van der Waals surface area contributed by atoms with Crippen molar-refractivity contribution in [3.8, 4) is 0 Å². The number of benzene rings is 3. The van der Waals surface area contributed by atoms with Crippen LogP contribution in [0.3, 0.4) is 0 Å². The lowest BCUT2D eigenvalue weighted by atomic mass is 10.0. The fourth-order valence-corrected chi connectivity index (χ4v) is 4.63. The minimum Gasteiger partial charge on any atom is -0.324 e. The molecule has 3 aromatic rings. The molecule has 0 heterocycles. The molecular formula is C23H24N2O3S. The number of hydrogen-bond acceptors (Lipinski definition) is 3. The molecule has 3 aromatic carbocycles. The minimum absolute atomic E-state index is 0.163. The largest absolute Gasteiger partial charge is 0.324 e. The van der Waals surface area contributed by atoms with Crippen molar-refractivity contribution in [3.05, 3.63) is 76.9 Å². The highest BCUT2D eigenvalue weighted by atomic mass is 32.2. The number of sulfonamides is 1. The number of aryl methyl sites for hydroxylation is 3. The van der Waals surface area contributed by atoms with Gasteiger partial charge in [-0.3, -0.25) is 4.79 Å². The monoisotopic (exact) mass is 408 g/mol. The van der Waals surface area contributed by atoms with Gasteiger partial charge >= 0.3 is 0 Å². The molecule has 0 saturated heterocycles. The molecule has 0 atom stereocenters. The van der Waals surface area contributed by atoms with E-state index in [-0.39, 0.29) is 19.0 Å². The molecule has 0 bridgehead atoms. The van der Waals surface area contributed by atoms with E-state index in [2.05, 4.69) is 17.4 Å². The van der Waals surface area contributed by atoms with Crippen LogP contribution in [0.2, 0.25) is 0 Å². The summed E-state index contributed by atoms with van der Waals surface area (Å²) in [5, 5.41) is 5.14. The first-order valence-corrected chi connectivity index (χ1v) is 11.5. The Morgan fingerprint density at radius 1 is 1.00 bits per heavy atom. The summed E-state index contributed by atoms with van der Waals surface area (Å²) in [6, 6.07) is 17.7. The number of carbonyl (C=O) groups is 1. The summed E-state index contributed by atoms with van der Waals surface area (Å²) in [5.41, 5.74) is 5.27. The molecule has 29 heavy (non-hydrogen) atoms. The summed E-state index contributed by atoms with van der Waals surface area (Å²) in [6.07, 6.45) is 3.17. The molecule has 6 heteroatoms. The van der Waals surface area contributed by atoms with Crippen molar-refractivity contribution in [2.75, 3.05) is 18.1 Å². The van der Waals surface area contributed by atoms with Gasteiger partial charge in [-0.25, -0.2) is 8.42 Å². The van der Waals surface area contributed by atoms with E-state index in [1.54, 1.807) is 0 Å². The molecular weight excluding hydrogens is 384 g/mol. The summed E-state index contributed by atoms with van der Waals surface area (Å²) >= 11 is 0. The quantitative estimate of drug-likeness (QED) is 0.677. The van der Waals surface area contributed by atoms with Crippen LogP contribution in [0, 0.1) is 6.92 Å². The molecule has 0 aromatic heterocycles. The summed E-state index contributed by atoms with van der Waals surface area (Å²) in [5.74, 6) is -0.346. The second-order valence-corrected chi connectivity index (χ2v) is 9.66. The fraction of sp³-hybridized carbons (Fsp3) is 0.261. The van der Waals surface area contributed by atoms with Crippen LogP contribution in [0.5, 0.6) is 0 Å². The third-order valence-electron chi connectivity index (χ3n) is 5.42. The zero-order valence-corrected chi connectivity index (χ0v) is 17.4. The number of carbonyl (C=O) groups excluding carboxylic acids is 1. The number of nitrogens with one attached hydrogen (secondary N) is 1. The molecule has 0 radical (unpaired) electrons. The lowest BCUT2D eigenvalue weighted by molar-refractivity contribution is -0.116. The second kappa shape index (κ2) is 7.61. The van der Waals surface area contributed by atoms with Gasteiger partial charge in [0.2, 0.25) is 15.9 Å². The molecule has 1 aliphatic carbocycles. The van der Waals surface area contributed by atoms with Gasteiger partial charge in [0.05, 0.1) is 12.8 Å². The van der Waals surface area contributed by atoms with Crippen LogP contribution in [0.4, 0.5) is 5.69 Å². The number of hydrogen-bond donors (Lipinski definition) is 1. The van der Waals surface area contributed by atoms with Gasteiger partial charge < -0.3 is 5.32 Å². The predicted octanol–water partition coefficient (Wildman–Crippen LogP) is 3.65. The molecule has 0 fully saturated rings. The van der Waals surface area contributed by atoms with Crippen molar-refractivity contribution in [2.24, 2.45) is 0 Å². The molecule has 1 N–H and O–H groups in total. The van der Waals surface area contributed by atoms with Crippen molar-refractivity contribution in [3.63, 3.8) is 0 Å². The third-order valence-corrected chi connectivity index (χ3v) is 6.62. The highest BCUT2D eigenvalue weighted by Gasteiger charge is 2.22. The maximum absolute atomic E-state index is 12.7. The number of anilines is 1. The van der Waals surface area contributed by atoms with Crippen LogP contribution in [0.25, 0.3) is 10.8 Å². The van der Waals surface area contributed by atoms with E-state index < -0.39 is 10.0 Å². The van der Waals surface area contributed by atoms with Crippen LogP contribution in [0.1, 0.15) is 22.3 Å². The summed E-state index contributed by atoms with van der Waals surface area (Å²) in [6.45, 7) is 1.91. The van der Waals surface area contributed by atoms with Gasteiger partial charge in [-0.15, -0.1) is 0 Å². The average Bonchev–Trinajstić information content (AvgIpc) is 3.09. The molecule has 150 valence electrons. The number of nitrogens with zero attached hydrogens (tertiary/aromatic N) is 1.